The highest BCUT2D eigenvalue weighted by Crippen LogP contribution is 2.23. The van der Waals surface area contributed by atoms with Crippen LogP contribution in [-0.2, 0) is 4.79 Å². The van der Waals surface area contributed by atoms with E-state index < -0.39 is 23.3 Å². The first-order valence-electron chi connectivity index (χ1n) is 5.90. The van der Waals surface area contributed by atoms with Gasteiger partial charge in [0.15, 0.2) is 0 Å². The molecule has 0 aliphatic heterocycles. The Hall–Kier alpha value is -3.03. The second-order valence-electron chi connectivity index (χ2n) is 4.38. The molecule has 8 nitrogen and oxygen atoms in total. The van der Waals surface area contributed by atoms with Crippen molar-refractivity contribution in [2.24, 2.45) is 0 Å². The molecule has 2 rings (SSSR count). The molecular weight excluding hydrogens is 278 g/mol. The lowest BCUT2D eigenvalue weighted by Crippen LogP contribution is -2.32. The molecule has 1 heterocycles. The van der Waals surface area contributed by atoms with E-state index in [1.807, 2.05) is 0 Å². The van der Waals surface area contributed by atoms with Crippen molar-refractivity contribution in [2.75, 3.05) is 13.6 Å². The zero-order valence-corrected chi connectivity index (χ0v) is 11.0. The van der Waals surface area contributed by atoms with Crippen LogP contribution < -0.4 is 0 Å². The number of aromatic nitrogens is 1. The van der Waals surface area contributed by atoms with E-state index in [1.54, 1.807) is 6.07 Å². The van der Waals surface area contributed by atoms with E-state index in [2.05, 4.69) is 4.98 Å². The average Bonchev–Trinajstić information content (AvgIpc) is 2.44. The maximum atomic E-state index is 12.2. The summed E-state index contributed by atoms with van der Waals surface area (Å²) in [5, 5.41) is 20.4. The number of carboxylic acids is 1. The van der Waals surface area contributed by atoms with Crippen molar-refractivity contribution in [3.63, 3.8) is 0 Å². The summed E-state index contributed by atoms with van der Waals surface area (Å²) in [5.41, 5.74) is -0.0304. The number of nitro benzene ring substituents is 1. The third-order valence-electron chi connectivity index (χ3n) is 2.88. The number of amides is 1. The number of benzene rings is 1. The highest BCUT2D eigenvalue weighted by atomic mass is 16.6. The lowest BCUT2D eigenvalue weighted by molar-refractivity contribution is -0.384. The zero-order chi connectivity index (χ0) is 15.6. The lowest BCUT2D eigenvalue weighted by Gasteiger charge is -2.14. The summed E-state index contributed by atoms with van der Waals surface area (Å²) in [6, 6.07) is 5.60. The van der Waals surface area contributed by atoms with Gasteiger partial charge in [0.2, 0.25) is 0 Å². The second kappa shape index (κ2) is 5.53. The predicted molar refractivity (Wildman–Crippen MR) is 73.0 cm³/mol. The van der Waals surface area contributed by atoms with Crippen LogP contribution in [0.4, 0.5) is 5.69 Å². The Bertz CT molecular complexity index is 744. The minimum Gasteiger partial charge on any atom is -0.480 e. The number of likely N-dealkylation sites (N-methyl/N-ethyl adjacent to an activating group) is 1. The largest absolute Gasteiger partial charge is 0.480 e. The van der Waals surface area contributed by atoms with E-state index in [1.165, 1.54) is 31.4 Å². The predicted octanol–water partition coefficient (Wildman–Crippen LogP) is 1.30. The summed E-state index contributed by atoms with van der Waals surface area (Å²) >= 11 is 0. The van der Waals surface area contributed by atoms with Gasteiger partial charge in [0.25, 0.3) is 11.6 Å². The smallest absolute Gasteiger partial charge is 0.323 e. The fourth-order valence-corrected chi connectivity index (χ4v) is 1.90. The number of non-ortho nitro benzene ring substituents is 1. The summed E-state index contributed by atoms with van der Waals surface area (Å²) in [6.07, 6.45) is 1.36. The molecule has 0 fully saturated rings. The SMILES string of the molecule is CN(CC(=O)O)C(=O)c1nccc2cc([N+](=O)[O-])ccc12. The molecule has 8 heteroatoms. The van der Waals surface area contributed by atoms with Crippen molar-refractivity contribution in [1.29, 1.82) is 0 Å². The number of pyridine rings is 1. The van der Waals surface area contributed by atoms with Crippen molar-refractivity contribution in [2.45, 2.75) is 0 Å². The topological polar surface area (TPSA) is 114 Å². The Labute approximate surface area is 118 Å². The first-order chi connectivity index (χ1) is 9.90. The van der Waals surface area contributed by atoms with Gasteiger partial charge in [-0.2, -0.15) is 0 Å². The number of carboxylic acid groups (broad SMARTS) is 1. The number of carbonyl (C=O) groups is 2. The molecule has 1 aromatic heterocycles. The Morgan fingerprint density at radius 3 is 2.71 bits per heavy atom. The molecule has 0 saturated carbocycles. The summed E-state index contributed by atoms with van der Waals surface area (Å²) in [7, 11) is 1.35. The molecular formula is C13H11N3O5. The molecule has 1 aromatic carbocycles. The highest BCUT2D eigenvalue weighted by molar-refractivity contribution is 6.06. The van der Waals surface area contributed by atoms with Crippen LogP contribution in [-0.4, -0.2) is 45.4 Å². The van der Waals surface area contributed by atoms with Gasteiger partial charge in [-0.15, -0.1) is 0 Å². The van der Waals surface area contributed by atoms with Crippen LogP contribution in [0.15, 0.2) is 30.5 Å². The van der Waals surface area contributed by atoms with Gasteiger partial charge in [-0.1, -0.05) is 0 Å². The van der Waals surface area contributed by atoms with Crippen molar-refractivity contribution >= 4 is 28.3 Å². The zero-order valence-electron chi connectivity index (χ0n) is 11.0. The van der Waals surface area contributed by atoms with E-state index in [-0.39, 0.29) is 11.4 Å². The van der Waals surface area contributed by atoms with Crippen LogP contribution in [0.25, 0.3) is 10.8 Å². The number of aliphatic carboxylic acids is 1. The molecule has 0 saturated heterocycles. The minimum absolute atomic E-state index is 0.0612. The van der Waals surface area contributed by atoms with Gasteiger partial charge in [0.1, 0.15) is 12.2 Å². The van der Waals surface area contributed by atoms with Gasteiger partial charge >= 0.3 is 5.97 Å². The monoisotopic (exact) mass is 289 g/mol. The molecule has 0 atom stereocenters. The number of rotatable bonds is 4. The number of hydrogen-bond acceptors (Lipinski definition) is 5. The van der Waals surface area contributed by atoms with Crippen molar-refractivity contribution in [3.8, 4) is 0 Å². The van der Waals surface area contributed by atoms with Crippen molar-refractivity contribution in [1.82, 2.24) is 9.88 Å². The summed E-state index contributed by atoms with van der Waals surface area (Å²) in [6.45, 7) is -0.454. The van der Waals surface area contributed by atoms with Crippen LogP contribution in [0.2, 0.25) is 0 Å². The Morgan fingerprint density at radius 2 is 2.10 bits per heavy atom. The highest BCUT2D eigenvalue weighted by Gasteiger charge is 2.19. The van der Waals surface area contributed by atoms with Crippen LogP contribution in [0.5, 0.6) is 0 Å². The third-order valence-corrected chi connectivity index (χ3v) is 2.88. The number of hydrogen-bond donors (Lipinski definition) is 1. The Kier molecular flexibility index (Phi) is 3.79. The molecule has 1 N–H and O–H groups in total. The quantitative estimate of drug-likeness (QED) is 0.670. The van der Waals surface area contributed by atoms with E-state index in [4.69, 9.17) is 5.11 Å². The standard InChI is InChI=1S/C13H11N3O5/c1-15(7-11(17)18)13(19)12-10-3-2-9(16(20)21)6-8(10)4-5-14-12/h2-6H,7H2,1H3,(H,17,18). The fourth-order valence-electron chi connectivity index (χ4n) is 1.90. The van der Waals surface area contributed by atoms with E-state index in [0.29, 0.717) is 10.8 Å². The minimum atomic E-state index is -1.14. The lowest BCUT2D eigenvalue weighted by atomic mass is 10.1. The molecule has 1 amide bonds. The number of nitrogens with zero attached hydrogens (tertiary/aromatic N) is 3. The van der Waals surface area contributed by atoms with Crippen LogP contribution in [0.1, 0.15) is 10.5 Å². The molecule has 0 aliphatic rings. The van der Waals surface area contributed by atoms with Crippen LogP contribution >= 0.6 is 0 Å². The summed E-state index contributed by atoms with van der Waals surface area (Å²) in [4.78, 5) is 38.0. The number of fused-ring (bicyclic) bond motifs is 1. The number of carbonyl (C=O) groups excluding carboxylic acids is 1. The Morgan fingerprint density at radius 1 is 1.38 bits per heavy atom. The van der Waals surface area contributed by atoms with Crippen LogP contribution in [0.3, 0.4) is 0 Å². The molecule has 0 spiro atoms. The number of nitro groups is 1. The molecule has 0 bridgehead atoms. The Balaban J connectivity index is 2.47. The van der Waals surface area contributed by atoms with Gasteiger partial charge in [-0.05, 0) is 17.5 Å². The molecule has 21 heavy (non-hydrogen) atoms. The molecule has 108 valence electrons. The molecule has 0 aliphatic carbocycles. The van der Waals surface area contributed by atoms with Crippen LogP contribution in [0, 0.1) is 10.1 Å². The van der Waals surface area contributed by atoms with E-state index in [9.17, 15) is 19.7 Å². The van der Waals surface area contributed by atoms with E-state index in [0.717, 1.165) is 4.90 Å². The fraction of sp³-hybridized carbons (Fsp3) is 0.154. The van der Waals surface area contributed by atoms with Crippen molar-refractivity contribution < 1.29 is 19.6 Å². The molecule has 0 unspecified atom stereocenters. The third kappa shape index (κ3) is 2.94. The molecule has 0 radical (unpaired) electrons. The maximum Gasteiger partial charge on any atom is 0.323 e. The van der Waals surface area contributed by atoms with Gasteiger partial charge in [-0.25, -0.2) is 0 Å². The first kappa shape index (κ1) is 14.4. The summed E-state index contributed by atoms with van der Waals surface area (Å²) < 4.78 is 0. The first-order valence-corrected chi connectivity index (χ1v) is 5.90. The molecule has 2 aromatic rings. The average molecular weight is 289 g/mol. The van der Waals surface area contributed by atoms with E-state index >= 15 is 0 Å². The van der Waals surface area contributed by atoms with Gasteiger partial charge in [0.05, 0.1) is 4.92 Å². The second-order valence-corrected chi connectivity index (χ2v) is 4.38. The van der Waals surface area contributed by atoms with Crippen molar-refractivity contribution in [3.05, 3.63) is 46.3 Å². The van der Waals surface area contributed by atoms with Gasteiger partial charge in [-0.3, -0.25) is 24.7 Å². The van der Waals surface area contributed by atoms with Gasteiger partial charge in [0, 0.05) is 30.8 Å². The normalized spacial score (nSPS) is 10.3. The van der Waals surface area contributed by atoms with Gasteiger partial charge < -0.3 is 10.0 Å². The summed E-state index contributed by atoms with van der Waals surface area (Å²) in [5.74, 6) is -1.70. The maximum absolute atomic E-state index is 12.2.